The lowest BCUT2D eigenvalue weighted by Crippen LogP contribution is -2.45. The van der Waals surface area contributed by atoms with Gasteiger partial charge in [0.1, 0.15) is 5.82 Å². The molecule has 1 heterocycles. The van der Waals surface area contributed by atoms with Crippen LogP contribution in [0.5, 0.6) is 0 Å². The largest absolute Gasteiger partial charge is 0.324 e. The Morgan fingerprint density at radius 3 is 2.70 bits per heavy atom. The van der Waals surface area contributed by atoms with Gasteiger partial charge in [-0.05, 0) is 50.7 Å². The van der Waals surface area contributed by atoms with Crippen LogP contribution in [0.4, 0.5) is 21.5 Å². The fraction of sp³-hybridized carbons (Fsp3) is 0.318. The van der Waals surface area contributed by atoms with E-state index in [4.69, 9.17) is 0 Å². The van der Waals surface area contributed by atoms with E-state index in [1.54, 1.807) is 54.1 Å². The molecular weight excluding hydrogens is 387 g/mol. The predicted molar refractivity (Wildman–Crippen MR) is 114 cm³/mol. The lowest BCUT2D eigenvalue weighted by Gasteiger charge is -2.29. The summed E-state index contributed by atoms with van der Waals surface area (Å²) in [4.78, 5) is 40.5. The molecule has 2 aromatic carbocycles. The van der Waals surface area contributed by atoms with Gasteiger partial charge in [-0.15, -0.1) is 0 Å². The molecule has 0 aromatic heterocycles. The van der Waals surface area contributed by atoms with Crippen molar-refractivity contribution < 1.29 is 18.8 Å². The molecule has 7 nitrogen and oxygen atoms in total. The van der Waals surface area contributed by atoms with Crippen LogP contribution < -0.4 is 15.5 Å². The van der Waals surface area contributed by atoms with Gasteiger partial charge in [0, 0.05) is 12.5 Å². The van der Waals surface area contributed by atoms with Crippen molar-refractivity contribution in [2.24, 2.45) is 0 Å². The molecule has 1 aliphatic rings. The monoisotopic (exact) mass is 412 g/mol. The summed E-state index contributed by atoms with van der Waals surface area (Å²) in [6.45, 7) is 3.46. The minimum atomic E-state index is -0.505. The maximum Gasteiger partial charge on any atom is 0.241 e. The van der Waals surface area contributed by atoms with Crippen molar-refractivity contribution in [3.05, 3.63) is 53.8 Å². The topological polar surface area (TPSA) is 81.8 Å². The smallest absolute Gasteiger partial charge is 0.241 e. The highest BCUT2D eigenvalue weighted by Crippen LogP contribution is 2.31. The van der Waals surface area contributed by atoms with Crippen molar-refractivity contribution in [1.82, 2.24) is 4.90 Å². The quantitative estimate of drug-likeness (QED) is 0.791. The summed E-state index contributed by atoms with van der Waals surface area (Å²) >= 11 is 0. The Kier molecular flexibility index (Phi) is 6.47. The van der Waals surface area contributed by atoms with E-state index >= 15 is 0 Å². The average molecular weight is 412 g/mol. The maximum absolute atomic E-state index is 13.9. The number of nitrogens with one attached hydrogen (secondary N) is 2. The number of benzene rings is 2. The normalized spacial score (nSPS) is 16.0. The highest BCUT2D eigenvalue weighted by molar-refractivity contribution is 6.05. The lowest BCUT2D eigenvalue weighted by molar-refractivity contribution is -0.121. The number of hydrogen-bond donors (Lipinski definition) is 2. The zero-order valence-electron chi connectivity index (χ0n) is 17.2. The van der Waals surface area contributed by atoms with E-state index in [1.165, 1.54) is 12.1 Å². The van der Waals surface area contributed by atoms with Crippen LogP contribution in [0.1, 0.15) is 18.9 Å². The van der Waals surface area contributed by atoms with Crippen LogP contribution in [0.25, 0.3) is 0 Å². The van der Waals surface area contributed by atoms with E-state index in [9.17, 15) is 18.8 Å². The van der Waals surface area contributed by atoms with Gasteiger partial charge in [0.25, 0.3) is 0 Å². The van der Waals surface area contributed by atoms with Crippen LogP contribution in [0.3, 0.4) is 0 Å². The summed E-state index contributed by atoms with van der Waals surface area (Å²) in [6.07, 6.45) is 0.178. The zero-order valence-corrected chi connectivity index (χ0v) is 17.2. The number of hydrogen-bond acceptors (Lipinski definition) is 4. The van der Waals surface area contributed by atoms with Crippen molar-refractivity contribution in [3.8, 4) is 0 Å². The molecule has 0 saturated heterocycles. The van der Waals surface area contributed by atoms with Crippen LogP contribution in [-0.2, 0) is 14.4 Å². The van der Waals surface area contributed by atoms with Gasteiger partial charge in [-0.3, -0.25) is 19.3 Å². The molecule has 0 aliphatic carbocycles. The fourth-order valence-corrected chi connectivity index (χ4v) is 3.49. The van der Waals surface area contributed by atoms with Gasteiger partial charge in [-0.1, -0.05) is 18.2 Å². The number of aryl methyl sites for hydroxylation is 1. The molecule has 1 aliphatic heterocycles. The molecule has 2 N–H and O–H groups in total. The van der Waals surface area contributed by atoms with E-state index in [-0.39, 0.29) is 43.1 Å². The Balaban J connectivity index is 1.66. The number of carbonyl (C=O) groups is 3. The van der Waals surface area contributed by atoms with Crippen LogP contribution >= 0.6 is 0 Å². The fourth-order valence-electron chi connectivity index (χ4n) is 3.49. The summed E-state index contributed by atoms with van der Waals surface area (Å²) in [5, 5.41) is 5.34. The number of fused-ring (bicyclic) bond motifs is 1. The van der Waals surface area contributed by atoms with E-state index in [0.29, 0.717) is 11.4 Å². The first-order chi connectivity index (χ1) is 14.2. The molecule has 0 bridgehead atoms. The molecule has 0 saturated carbocycles. The van der Waals surface area contributed by atoms with E-state index in [2.05, 4.69) is 10.6 Å². The van der Waals surface area contributed by atoms with Crippen molar-refractivity contribution in [2.45, 2.75) is 26.3 Å². The van der Waals surface area contributed by atoms with Gasteiger partial charge in [-0.25, -0.2) is 4.39 Å². The second-order valence-electron chi connectivity index (χ2n) is 7.59. The molecule has 158 valence electrons. The highest BCUT2D eigenvalue weighted by atomic mass is 19.1. The molecular formula is C22H25FN4O3. The molecule has 3 amide bonds. The van der Waals surface area contributed by atoms with E-state index < -0.39 is 11.7 Å². The summed E-state index contributed by atoms with van der Waals surface area (Å²) in [7, 11) is 1.64. The standard InChI is InChI=1S/C22H25FN4O3/c1-14-8-9-17(16(23)10-14)24-21(29)12-26(3)13-22(30)27-15(2)11-20(28)25-18-6-4-5-7-19(18)27/h4-10,15H,11-13H2,1-3H3,(H,24,29)(H,25,28). The van der Waals surface area contributed by atoms with E-state index in [0.717, 1.165) is 5.56 Å². The van der Waals surface area contributed by atoms with Gasteiger partial charge in [-0.2, -0.15) is 0 Å². The zero-order chi connectivity index (χ0) is 21.8. The Morgan fingerprint density at radius 2 is 1.97 bits per heavy atom. The van der Waals surface area contributed by atoms with Crippen LogP contribution in [0.2, 0.25) is 0 Å². The summed E-state index contributed by atoms with van der Waals surface area (Å²) in [6, 6.07) is 11.4. The average Bonchev–Trinajstić information content (AvgIpc) is 2.77. The van der Waals surface area contributed by atoms with Gasteiger partial charge in [0.05, 0.1) is 30.2 Å². The van der Waals surface area contributed by atoms with E-state index in [1.807, 2.05) is 6.92 Å². The Bertz CT molecular complexity index is 979. The minimum absolute atomic E-state index is 0.0311. The number of para-hydroxylation sites is 2. The summed E-state index contributed by atoms with van der Waals surface area (Å²) < 4.78 is 13.9. The van der Waals surface area contributed by atoms with Crippen molar-refractivity contribution in [1.29, 1.82) is 0 Å². The van der Waals surface area contributed by atoms with Gasteiger partial charge in [0.15, 0.2) is 0 Å². The van der Waals surface area contributed by atoms with Gasteiger partial charge < -0.3 is 15.5 Å². The molecule has 1 unspecified atom stereocenters. The summed E-state index contributed by atoms with van der Waals surface area (Å²) in [5.41, 5.74) is 2.06. The Hall–Kier alpha value is -3.26. The molecule has 8 heteroatoms. The summed E-state index contributed by atoms with van der Waals surface area (Å²) in [5.74, 6) is -1.31. The predicted octanol–water partition coefficient (Wildman–Crippen LogP) is 2.77. The first-order valence-electron chi connectivity index (χ1n) is 9.70. The third-order valence-corrected chi connectivity index (χ3v) is 4.85. The molecule has 3 rings (SSSR count). The molecule has 2 aromatic rings. The van der Waals surface area contributed by atoms with Crippen LogP contribution in [0.15, 0.2) is 42.5 Å². The Morgan fingerprint density at radius 1 is 1.23 bits per heavy atom. The van der Waals surface area contributed by atoms with Crippen molar-refractivity contribution >= 4 is 34.8 Å². The number of rotatable bonds is 5. The minimum Gasteiger partial charge on any atom is -0.324 e. The first-order valence-corrected chi connectivity index (χ1v) is 9.70. The molecule has 0 radical (unpaired) electrons. The van der Waals surface area contributed by atoms with Crippen molar-refractivity contribution in [2.75, 3.05) is 35.7 Å². The molecule has 0 fully saturated rings. The Labute approximate surface area is 174 Å². The van der Waals surface area contributed by atoms with Crippen LogP contribution in [-0.4, -0.2) is 48.8 Å². The highest BCUT2D eigenvalue weighted by Gasteiger charge is 2.30. The second kappa shape index (κ2) is 9.04. The van der Waals surface area contributed by atoms with Crippen LogP contribution in [0, 0.1) is 12.7 Å². The second-order valence-corrected chi connectivity index (χ2v) is 7.59. The third-order valence-electron chi connectivity index (χ3n) is 4.85. The molecule has 30 heavy (non-hydrogen) atoms. The SMILES string of the molecule is Cc1ccc(NC(=O)CN(C)CC(=O)N2c3ccccc3NC(=O)CC2C)c(F)c1. The molecule has 1 atom stereocenters. The number of likely N-dealkylation sites (N-methyl/N-ethyl adjacent to an activating group) is 1. The first kappa shape index (κ1) is 21.4. The van der Waals surface area contributed by atoms with Gasteiger partial charge in [0.2, 0.25) is 17.7 Å². The third kappa shape index (κ3) is 5.01. The number of amides is 3. The number of anilines is 3. The number of carbonyl (C=O) groups excluding carboxylic acids is 3. The number of nitrogens with zero attached hydrogens (tertiary/aromatic N) is 2. The lowest BCUT2D eigenvalue weighted by atomic mass is 10.1. The maximum atomic E-state index is 13.9. The molecule has 0 spiro atoms. The van der Waals surface area contributed by atoms with Gasteiger partial charge >= 0.3 is 0 Å². The van der Waals surface area contributed by atoms with Crippen molar-refractivity contribution in [3.63, 3.8) is 0 Å². The number of halogens is 1.